The topological polar surface area (TPSA) is 32.5 Å². The molecular weight excluding hydrogens is 234 g/mol. The minimum absolute atomic E-state index is 0.323. The van der Waals surface area contributed by atoms with E-state index < -0.39 is 0 Å². The van der Waals surface area contributed by atoms with Crippen molar-refractivity contribution < 1.29 is 0 Å². The molecular formula is C16H29N3. The van der Waals surface area contributed by atoms with Gasteiger partial charge in [-0.3, -0.25) is 4.90 Å². The van der Waals surface area contributed by atoms with Gasteiger partial charge in [-0.1, -0.05) is 18.2 Å². The van der Waals surface area contributed by atoms with Crippen LogP contribution in [0.3, 0.4) is 0 Å². The molecule has 1 rings (SSSR count). The van der Waals surface area contributed by atoms with Gasteiger partial charge in [-0.25, -0.2) is 0 Å². The second-order valence-corrected chi connectivity index (χ2v) is 5.69. The highest BCUT2D eigenvalue weighted by Gasteiger charge is 2.18. The maximum atomic E-state index is 6.02. The third-order valence-electron chi connectivity index (χ3n) is 3.75. The van der Waals surface area contributed by atoms with Crippen molar-refractivity contribution in [3.63, 3.8) is 0 Å². The van der Waals surface area contributed by atoms with Gasteiger partial charge in [0.25, 0.3) is 0 Å². The zero-order valence-electron chi connectivity index (χ0n) is 13.1. The fourth-order valence-corrected chi connectivity index (χ4v) is 2.66. The Morgan fingerprint density at radius 2 is 1.63 bits per heavy atom. The molecule has 1 aromatic carbocycles. The molecule has 0 amide bonds. The summed E-state index contributed by atoms with van der Waals surface area (Å²) in [6.07, 6.45) is 1.17. The van der Waals surface area contributed by atoms with Gasteiger partial charge in [-0.05, 0) is 71.2 Å². The molecule has 1 atom stereocenters. The van der Waals surface area contributed by atoms with E-state index in [1.54, 1.807) is 0 Å². The molecule has 0 fully saturated rings. The molecule has 19 heavy (non-hydrogen) atoms. The number of likely N-dealkylation sites (N-methyl/N-ethyl adjacent to an activating group) is 1. The van der Waals surface area contributed by atoms with Gasteiger partial charge in [0, 0.05) is 12.6 Å². The Morgan fingerprint density at radius 3 is 2.11 bits per heavy atom. The average molecular weight is 263 g/mol. The summed E-state index contributed by atoms with van der Waals surface area (Å²) >= 11 is 0. The smallest absolute Gasteiger partial charge is 0.0472 e. The molecule has 2 N–H and O–H groups in total. The van der Waals surface area contributed by atoms with Crippen molar-refractivity contribution in [1.29, 1.82) is 0 Å². The normalized spacial score (nSPS) is 13.3. The van der Waals surface area contributed by atoms with E-state index in [0.29, 0.717) is 12.6 Å². The molecule has 108 valence electrons. The monoisotopic (exact) mass is 263 g/mol. The molecule has 0 heterocycles. The first-order valence-electron chi connectivity index (χ1n) is 7.08. The predicted octanol–water partition coefficient (Wildman–Crippen LogP) is 2.19. The molecule has 0 spiro atoms. The lowest BCUT2D eigenvalue weighted by Crippen LogP contribution is -2.33. The summed E-state index contributed by atoms with van der Waals surface area (Å²) in [4.78, 5) is 4.61. The molecule has 0 aliphatic carbocycles. The number of aryl methyl sites for hydroxylation is 2. The molecule has 0 saturated carbocycles. The van der Waals surface area contributed by atoms with E-state index in [1.807, 2.05) is 0 Å². The van der Waals surface area contributed by atoms with E-state index in [9.17, 15) is 0 Å². The first-order chi connectivity index (χ1) is 8.97. The second kappa shape index (κ2) is 7.63. The van der Waals surface area contributed by atoms with Gasteiger partial charge < -0.3 is 10.6 Å². The number of nitrogens with zero attached hydrogens (tertiary/aromatic N) is 2. The van der Waals surface area contributed by atoms with Gasteiger partial charge in [-0.15, -0.1) is 0 Å². The lowest BCUT2D eigenvalue weighted by molar-refractivity contribution is 0.234. The van der Waals surface area contributed by atoms with Gasteiger partial charge in [0.05, 0.1) is 0 Å². The summed E-state index contributed by atoms with van der Waals surface area (Å²) in [7, 11) is 6.41. The summed E-state index contributed by atoms with van der Waals surface area (Å²) in [6.45, 7) is 7.23. The summed E-state index contributed by atoms with van der Waals surface area (Å²) in [6, 6.07) is 6.80. The molecule has 0 saturated heterocycles. The Labute approximate surface area is 118 Å². The van der Waals surface area contributed by atoms with Crippen LogP contribution in [-0.4, -0.2) is 50.6 Å². The van der Waals surface area contributed by atoms with Crippen LogP contribution in [0.2, 0.25) is 0 Å². The van der Waals surface area contributed by atoms with Crippen molar-refractivity contribution in [2.45, 2.75) is 26.3 Å². The molecule has 3 nitrogen and oxygen atoms in total. The highest BCUT2D eigenvalue weighted by Crippen LogP contribution is 2.25. The van der Waals surface area contributed by atoms with E-state index in [1.165, 1.54) is 23.1 Å². The lowest BCUT2D eigenvalue weighted by Gasteiger charge is -2.30. The van der Waals surface area contributed by atoms with E-state index in [0.717, 1.165) is 13.1 Å². The highest BCUT2D eigenvalue weighted by molar-refractivity contribution is 5.36. The van der Waals surface area contributed by atoms with Gasteiger partial charge in [0.15, 0.2) is 0 Å². The molecule has 0 aromatic heterocycles. The summed E-state index contributed by atoms with van der Waals surface area (Å²) < 4.78 is 0. The molecule has 1 aromatic rings. The Bertz CT molecular complexity index is 367. The number of rotatable bonds is 7. The van der Waals surface area contributed by atoms with E-state index in [4.69, 9.17) is 5.73 Å². The van der Waals surface area contributed by atoms with Gasteiger partial charge in [-0.2, -0.15) is 0 Å². The minimum Gasteiger partial charge on any atom is -0.329 e. The average Bonchev–Trinajstić information content (AvgIpc) is 2.33. The number of hydrogen-bond acceptors (Lipinski definition) is 3. The maximum absolute atomic E-state index is 6.02. The first kappa shape index (κ1) is 16.2. The third-order valence-corrected chi connectivity index (χ3v) is 3.75. The van der Waals surface area contributed by atoms with Gasteiger partial charge in [0.2, 0.25) is 0 Å². The highest BCUT2D eigenvalue weighted by atomic mass is 15.1. The molecule has 3 heteroatoms. The number of hydrogen-bond donors (Lipinski definition) is 1. The van der Waals surface area contributed by atoms with E-state index in [2.05, 4.69) is 63.0 Å². The zero-order chi connectivity index (χ0) is 14.4. The fraction of sp³-hybridized carbons (Fsp3) is 0.625. The number of benzene rings is 1. The fourth-order valence-electron chi connectivity index (χ4n) is 2.66. The van der Waals surface area contributed by atoms with Crippen LogP contribution in [0, 0.1) is 13.8 Å². The van der Waals surface area contributed by atoms with Crippen LogP contribution in [0.1, 0.15) is 29.2 Å². The minimum atomic E-state index is 0.323. The Balaban J connectivity index is 2.76. The van der Waals surface area contributed by atoms with Crippen LogP contribution in [-0.2, 0) is 0 Å². The Morgan fingerprint density at radius 1 is 1.05 bits per heavy atom. The van der Waals surface area contributed by atoms with Crippen molar-refractivity contribution in [2.75, 3.05) is 40.8 Å². The summed E-state index contributed by atoms with van der Waals surface area (Å²) in [5.41, 5.74) is 10.1. The molecule has 1 unspecified atom stereocenters. The standard InChI is InChI=1S/C16H29N3/c1-13-8-6-9-14(2)16(13)15(12-17)19(5)11-7-10-18(3)4/h6,8-9,15H,7,10-12,17H2,1-5H3. The predicted molar refractivity (Wildman–Crippen MR) is 83.5 cm³/mol. The Kier molecular flexibility index (Phi) is 6.49. The van der Waals surface area contributed by atoms with Crippen LogP contribution < -0.4 is 5.73 Å². The third kappa shape index (κ3) is 4.60. The van der Waals surface area contributed by atoms with Crippen LogP contribution in [0.25, 0.3) is 0 Å². The molecule has 0 radical (unpaired) electrons. The van der Waals surface area contributed by atoms with Crippen molar-refractivity contribution in [3.8, 4) is 0 Å². The first-order valence-corrected chi connectivity index (χ1v) is 7.08. The summed E-state index contributed by atoms with van der Waals surface area (Å²) in [5.74, 6) is 0. The van der Waals surface area contributed by atoms with E-state index in [-0.39, 0.29) is 0 Å². The number of nitrogens with two attached hydrogens (primary N) is 1. The summed E-state index contributed by atoms with van der Waals surface area (Å²) in [5, 5.41) is 0. The van der Waals surface area contributed by atoms with Gasteiger partial charge >= 0.3 is 0 Å². The second-order valence-electron chi connectivity index (χ2n) is 5.69. The van der Waals surface area contributed by atoms with Crippen LogP contribution in [0.15, 0.2) is 18.2 Å². The SMILES string of the molecule is Cc1cccc(C)c1C(CN)N(C)CCCN(C)C. The van der Waals surface area contributed by atoms with E-state index >= 15 is 0 Å². The zero-order valence-corrected chi connectivity index (χ0v) is 13.1. The quantitative estimate of drug-likeness (QED) is 0.818. The lowest BCUT2D eigenvalue weighted by atomic mass is 9.95. The van der Waals surface area contributed by atoms with Crippen LogP contribution >= 0.6 is 0 Å². The van der Waals surface area contributed by atoms with Crippen molar-refractivity contribution in [3.05, 3.63) is 34.9 Å². The molecule has 0 aliphatic heterocycles. The Hall–Kier alpha value is -0.900. The van der Waals surface area contributed by atoms with Crippen molar-refractivity contribution in [1.82, 2.24) is 9.80 Å². The largest absolute Gasteiger partial charge is 0.329 e. The van der Waals surface area contributed by atoms with Crippen molar-refractivity contribution >= 4 is 0 Å². The van der Waals surface area contributed by atoms with Gasteiger partial charge in [0.1, 0.15) is 0 Å². The van der Waals surface area contributed by atoms with Crippen LogP contribution in [0.5, 0.6) is 0 Å². The van der Waals surface area contributed by atoms with Crippen molar-refractivity contribution in [2.24, 2.45) is 5.73 Å². The molecule has 0 bridgehead atoms. The van der Waals surface area contributed by atoms with Crippen LogP contribution in [0.4, 0.5) is 0 Å². The maximum Gasteiger partial charge on any atom is 0.0472 e. The molecule has 0 aliphatic rings.